The predicted octanol–water partition coefficient (Wildman–Crippen LogP) is 3.68. The van der Waals surface area contributed by atoms with Gasteiger partial charge in [0, 0.05) is 16.5 Å². The minimum Gasteiger partial charge on any atom is -0.317 e. The van der Waals surface area contributed by atoms with E-state index in [4.69, 9.17) is 11.6 Å². The first kappa shape index (κ1) is 12.6. The molecule has 1 N–H and O–H groups in total. The van der Waals surface area contributed by atoms with Gasteiger partial charge in [0.2, 0.25) is 0 Å². The molecular weight excluding hydrogens is 258 g/mol. The van der Waals surface area contributed by atoms with Gasteiger partial charge in [0.1, 0.15) is 0 Å². The van der Waals surface area contributed by atoms with Gasteiger partial charge in [-0.1, -0.05) is 29.8 Å². The molecule has 1 aliphatic rings. The minimum absolute atomic E-state index is 0.172. The van der Waals surface area contributed by atoms with Crippen molar-refractivity contribution in [3.63, 3.8) is 0 Å². The van der Waals surface area contributed by atoms with Gasteiger partial charge < -0.3 is 5.32 Å². The van der Waals surface area contributed by atoms with E-state index in [2.05, 4.69) is 5.32 Å². The van der Waals surface area contributed by atoms with Crippen LogP contribution < -0.4 is 5.32 Å². The minimum atomic E-state index is 0.172. The summed E-state index contributed by atoms with van der Waals surface area (Å²) in [5.74, 6) is 0.448. The van der Waals surface area contributed by atoms with Gasteiger partial charge in [-0.3, -0.25) is 4.79 Å². The molecule has 0 radical (unpaired) electrons. The van der Waals surface area contributed by atoms with Gasteiger partial charge in [0.15, 0.2) is 5.78 Å². The number of hydrogen-bond acceptors (Lipinski definition) is 2. The van der Waals surface area contributed by atoms with Crippen molar-refractivity contribution in [1.82, 2.24) is 5.32 Å². The summed E-state index contributed by atoms with van der Waals surface area (Å²) in [6, 6.07) is 11.6. The summed E-state index contributed by atoms with van der Waals surface area (Å²) < 4.78 is 0. The highest BCUT2D eigenvalue weighted by Gasteiger charge is 2.22. The lowest BCUT2D eigenvalue weighted by Gasteiger charge is -2.21. The summed E-state index contributed by atoms with van der Waals surface area (Å²) in [5, 5.41) is 6.17. The molecule has 19 heavy (non-hydrogen) atoms. The van der Waals surface area contributed by atoms with Crippen LogP contribution in [0.25, 0.3) is 10.8 Å². The fraction of sp³-hybridized carbons (Fsp3) is 0.312. The Morgan fingerprint density at radius 1 is 1.05 bits per heavy atom. The van der Waals surface area contributed by atoms with E-state index in [1.165, 1.54) is 0 Å². The number of Topliss-reactive ketones (excluding diaryl/α,β-unsaturated/α-hetero) is 1. The third-order valence-electron chi connectivity index (χ3n) is 3.80. The smallest absolute Gasteiger partial charge is 0.166 e. The van der Waals surface area contributed by atoms with E-state index in [1.54, 1.807) is 0 Å². The fourth-order valence-corrected chi connectivity index (χ4v) is 2.87. The molecule has 0 aliphatic carbocycles. The quantitative estimate of drug-likeness (QED) is 0.846. The van der Waals surface area contributed by atoms with E-state index in [-0.39, 0.29) is 11.7 Å². The molecule has 0 saturated carbocycles. The molecule has 0 unspecified atom stereocenters. The first-order valence-corrected chi connectivity index (χ1v) is 7.06. The van der Waals surface area contributed by atoms with Gasteiger partial charge in [-0.15, -0.1) is 0 Å². The van der Waals surface area contributed by atoms with Gasteiger partial charge in [0.05, 0.1) is 0 Å². The summed E-state index contributed by atoms with van der Waals surface area (Å²) in [4.78, 5) is 12.5. The highest BCUT2D eigenvalue weighted by Crippen LogP contribution is 2.24. The number of carbonyl (C=O) groups is 1. The van der Waals surface area contributed by atoms with E-state index in [0.717, 1.165) is 47.3 Å². The maximum Gasteiger partial charge on any atom is 0.166 e. The van der Waals surface area contributed by atoms with Crippen LogP contribution in [-0.4, -0.2) is 18.9 Å². The second-order valence-electron chi connectivity index (χ2n) is 5.09. The van der Waals surface area contributed by atoms with Crippen molar-refractivity contribution in [1.29, 1.82) is 0 Å². The van der Waals surface area contributed by atoms with E-state index in [1.807, 2.05) is 36.4 Å². The zero-order chi connectivity index (χ0) is 13.2. The summed E-state index contributed by atoms with van der Waals surface area (Å²) in [6.45, 7) is 1.89. The SMILES string of the molecule is O=C(c1ccc2cc(Cl)ccc2c1)C1CCNCC1. The zero-order valence-electron chi connectivity index (χ0n) is 10.7. The summed E-state index contributed by atoms with van der Waals surface area (Å²) in [6.07, 6.45) is 1.88. The van der Waals surface area contributed by atoms with Crippen molar-refractivity contribution < 1.29 is 4.79 Å². The van der Waals surface area contributed by atoms with Crippen molar-refractivity contribution in [2.75, 3.05) is 13.1 Å². The summed E-state index contributed by atoms with van der Waals surface area (Å²) >= 11 is 5.97. The molecule has 0 aromatic heterocycles. The van der Waals surface area contributed by atoms with Crippen LogP contribution in [0, 0.1) is 5.92 Å². The number of halogens is 1. The van der Waals surface area contributed by atoms with E-state index in [0.29, 0.717) is 0 Å². The largest absolute Gasteiger partial charge is 0.317 e. The summed E-state index contributed by atoms with van der Waals surface area (Å²) in [5.41, 5.74) is 0.821. The molecule has 2 nitrogen and oxygen atoms in total. The molecule has 0 amide bonds. The van der Waals surface area contributed by atoms with Crippen LogP contribution in [0.4, 0.5) is 0 Å². The molecule has 98 valence electrons. The average Bonchev–Trinajstić information content (AvgIpc) is 2.47. The Hall–Kier alpha value is -1.38. The molecule has 2 aromatic rings. The number of benzene rings is 2. The molecule has 3 heteroatoms. The van der Waals surface area contributed by atoms with Crippen molar-refractivity contribution in [3.8, 4) is 0 Å². The van der Waals surface area contributed by atoms with Crippen LogP contribution in [-0.2, 0) is 0 Å². The number of piperidine rings is 1. The first-order chi connectivity index (χ1) is 9.24. The number of fused-ring (bicyclic) bond motifs is 1. The monoisotopic (exact) mass is 273 g/mol. The Labute approximate surface area is 117 Å². The number of ketones is 1. The van der Waals surface area contributed by atoms with Gasteiger partial charge in [-0.2, -0.15) is 0 Å². The highest BCUT2D eigenvalue weighted by atomic mass is 35.5. The zero-order valence-corrected chi connectivity index (χ0v) is 11.4. The molecule has 0 bridgehead atoms. The molecular formula is C16H16ClNO. The van der Waals surface area contributed by atoms with Crippen molar-refractivity contribution in [2.24, 2.45) is 5.92 Å². The highest BCUT2D eigenvalue weighted by molar-refractivity contribution is 6.31. The molecule has 1 fully saturated rings. The molecule has 0 atom stereocenters. The molecule has 0 spiro atoms. The lowest BCUT2D eigenvalue weighted by atomic mass is 9.89. The number of rotatable bonds is 2. The van der Waals surface area contributed by atoms with Crippen LogP contribution in [0.2, 0.25) is 5.02 Å². The number of nitrogens with one attached hydrogen (secondary N) is 1. The van der Waals surface area contributed by atoms with E-state index >= 15 is 0 Å². The molecule has 2 aromatic carbocycles. The van der Waals surface area contributed by atoms with Gasteiger partial charge in [-0.25, -0.2) is 0 Å². The Balaban J connectivity index is 1.92. The average molecular weight is 274 g/mol. The van der Waals surface area contributed by atoms with Crippen LogP contribution in [0.1, 0.15) is 23.2 Å². The predicted molar refractivity (Wildman–Crippen MR) is 78.9 cm³/mol. The van der Waals surface area contributed by atoms with Crippen LogP contribution in [0.5, 0.6) is 0 Å². The third-order valence-corrected chi connectivity index (χ3v) is 4.03. The van der Waals surface area contributed by atoms with Gasteiger partial charge >= 0.3 is 0 Å². The van der Waals surface area contributed by atoms with Gasteiger partial charge in [0.25, 0.3) is 0 Å². The fourth-order valence-electron chi connectivity index (χ4n) is 2.69. The second kappa shape index (κ2) is 5.32. The molecule has 1 aliphatic heterocycles. The van der Waals surface area contributed by atoms with Crippen LogP contribution in [0.15, 0.2) is 36.4 Å². The Kier molecular flexibility index (Phi) is 3.54. The normalized spacial score (nSPS) is 16.7. The Bertz CT molecular complexity index is 617. The Morgan fingerprint density at radius 2 is 1.74 bits per heavy atom. The standard InChI is InChI=1S/C16H16ClNO/c17-15-4-3-12-9-14(2-1-13(12)10-15)16(19)11-5-7-18-8-6-11/h1-4,9-11,18H,5-8H2. The molecule has 3 rings (SSSR count). The van der Waals surface area contributed by atoms with Crippen LogP contribution >= 0.6 is 11.6 Å². The van der Waals surface area contributed by atoms with Crippen LogP contribution in [0.3, 0.4) is 0 Å². The molecule has 1 saturated heterocycles. The number of carbonyl (C=O) groups excluding carboxylic acids is 1. The van der Waals surface area contributed by atoms with Crippen molar-refractivity contribution in [3.05, 3.63) is 47.0 Å². The molecule has 1 heterocycles. The van der Waals surface area contributed by atoms with Crippen molar-refractivity contribution in [2.45, 2.75) is 12.8 Å². The van der Waals surface area contributed by atoms with E-state index in [9.17, 15) is 4.79 Å². The maximum absolute atomic E-state index is 12.5. The lowest BCUT2D eigenvalue weighted by molar-refractivity contribution is 0.0895. The van der Waals surface area contributed by atoms with Crippen molar-refractivity contribution >= 4 is 28.2 Å². The lowest BCUT2D eigenvalue weighted by Crippen LogP contribution is -2.31. The number of hydrogen-bond donors (Lipinski definition) is 1. The first-order valence-electron chi connectivity index (χ1n) is 6.68. The third kappa shape index (κ3) is 2.65. The summed E-state index contributed by atoms with van der Waals surface area (Å²) in [7, 11) is 0. The maximum atomic E-state index is 12.5. The second-order valence-corrected chi connectivity index (χ2v) is 5.53. The van der Waals surface area contributed by atoms with Gasteiger partial charge in [-0.05, 0) is 54.9 Å². The Morgan fingerprint density at radius 3 is 2.53 bits per heavy atom. The van der Waals surface area contributed by atoms with E-state index < -0.39 is 0 Å². The topological polar surface area (TPSA) is 29.1 Å².